The van der Waals surface area contributed by atoms with E-state index in [0.717, 1.165) is 83.7 Å². The number of benzene rings is 2. The van der Waals surface area contributed by atoms with Crippen molar-refractivity contribution in [3.8, 4) is 0 Å². The Labute approximate surface area is 199 Å². The van der Waals surface area contributed by atoms with Crippen LogP contribution in [-0.4, -0.2) is 69.9 Å². The Bertz CT molecular complexity index is 1380. The molecule has 0 atom stereocenters. The SMILES string of the molecule is CCN1CCc2nc3ccccc3c(C(=O)N3CCN(c4cnc5ccccc5n4)CC3)c2C1. The monoisotopic (exact) mass is 452 g/mol. The summed E-state index contributed by atoms with van der Waals surface area (Å²) in [5.74, 6) is 0.994. The Balaban J connectivity index is 1.28. The van der Waals surface area contributed by atoms with Crippen LogP contribution in [0.1, 0.15) is 28.5 Å². The number of carbonyl (C=O) groups is 1. The van der Waals surface area contributed by atoms with Gasteiger partial charge >= 0.3 is 0 Å². The zero-order chi connectivity index (χ0) is 23.1. The van der Waals surface area contributed by atoms with Crippen LogP contribution in [0.5, 0.6) is 0 Å². The van der Waals surface area contributed by atoms with Crippen molar-refractivity contribution in [3.63, 3.8) is 0 Å². The van der Waals surface area contributed by atoms with E-state index in [-0.39, 0.29) is 5.91 Å². The minimum atomic E-state index is 0.122. The van der Waals surface area contributed by atoms with Gasteiger partial charge in [-0.3, -0.25) is 19.7 Å². The van der Waals surface area contributed by atoms with Gasteiger partial charge in [0, 0.05) is 62.3 Å². The van der Waals surface area contributed by atoms with Gasteiger partial charge in [0.05, 0.1) is 28.3 Å². The van der Waals surface area contributed by atoms with E-state index in [4.69, 9.17) is 9.97 Å². The number of amides is 1. The highest BCUT2D eigenvalue weighted by Crippen LogP contribution is 2.30. The van der Waals surface area contributed by atoms with Crippen LogP contribution in [0.25, 0.3) is 21.9 Å². The summed E-state index contributed by atoms with van der Waals surface area (Å²) in [6.45, 7) is 7.75. The van der Waals surface area contributed by atoms with Gasteiger partial charge in [-0.05, 0) is 24.7 Å². The van der Waals surface area contributed by atoms with Crippen molar-refractivity contribution < 1.29 is 4.79 Å². The predicted molar refractivity (Wildman–Crippen MR) is 134 cm³/mol. The Hall–Kier alpha value is -3.58. The maximum Gasteiger partial charge on any atom is 0.255 e. The van der Waals surface area contributed by atoms with Crippen LogP contribution < -0.4 is 4.90 Å². The number of hydrogen-bond donors (Lipinski definition) is 0. The van der Waals surface area contributed by atoms with Crippen molar-refractivity contribution in [2.75, 3.05) is 44.2 Å². The van der Waals surface area contributed by atoms with Gasteiger partial charge in [-0.25, -0.2) is 4.98 Å². The standard InChI is InChI=1S/C27H28N6O/c1-2-31-12-11-22-20(18-31)26(19-7-3-4-8-21(19)29-22)27(34)33-15-13-32(14-16-33)25-17-28-23-9-5-6-10-24(23)30-25/h3-10,17H,2,11-16,18H2,1H3. The van der Waals surface area contributed by atoms with E-state index in [1.807, 2.05) is 59.6 Å². The minimum Gasteiger partial charge on any atom is -0.352 e. The van der Waals surface area contributed by atoms with E-state index >= 15 is 0 Å². The van der Waals surface area contributed by atoms with E-state index in [1.54, 1.807) is 0 Å². The molecule has 172 valence electrons. The highest BCUT2D eigenvalue weighted by molar-refractivity contribution is 6.07. The number of piperazine rings is 1. The molecule has 4 aromatic rings. The molecule has 0 N–H and O–H groups in total. The molecular weight excluding hydrogens is 424 g/mol. The summed E-state index contributed by atoms with van der Waals surface area (Å²) in [5, 5.41) is 0.965. The van der Waals surface area contributed by atoms with Gasteiger partial charge in [-0.1, -0.05) is 37.3 Å². The van der Waals surface area contributed by atoms with Gasteiger partial charge in [0.2, 0.25) is 0 Å². The number of carbonyl (C=O) groups excluding carboxylic acids is 1. The van der Waals surface area contributed by atoms with Crippen molar-refractivity contribution in [1.29, 1.82) is 0 Å². The van der Waals surface area contributed by atoms with Crippen molar-refractivity contribution >= 4 is 33.7 Å². The largest absolute Gasteiger partial charge is 0.352 e. The Morgan fingerprint density at radius 1 is 0.882 bits per heavy atom. The van der Waals surface area contributed by atoms with Crippen molar-refractivity contribution in [2.24, 2.45) is 0 Å². The topological polar surface area (TPSA) is 65.5 Å². The second-order valence-electron chi connectivity index (χ2n) is 9.04. The van der Waals surface area contributed by atoms with Crippen LogP contribution >= 0.6 is 0 Å². The number of fused-ring (bicyclic) bond motifs is 3. The van der Waals surface area contributed by atoms with Crippen LogP contribution in [-0.2, 0) is 13.0 Å². The summed E-state index contributed by atoms with van der Waals surface area (Å²) in [6, 6.07) is 16.0. The number of pyridine rings is 1. The van der Waals surface area contributed by atoms with E-state index < -0.39 is 0 Å². The summed E-state index contributed by atoms with van der Waals surface area (Å²) in [5.41, 5.74) is 5.75. The summed E-state index contributed by atoms with van der Waals surface area (Å²) in [4.78, 5) is 34.8. The van der Waals surface area contributed by atoms with Crippen molar-refractivity contribution in [1.82, 2.24) is 24.8 Å². The number of nitrogens with zero attached hydrogens (tertiary/aromatic N) is 6. The number of anilines is 1. The lowest BCUT2D eigenvalue weighted by molar-refractivity contribution is 0.0745. The van der Waals surface area contributed by atoms with E-state index in [2.05, 4.69) is 21.7 Å². The maximum atomic E-state index is 13.9. The third-order valence-electron chi connectivity index (χ3n) is 7.11. The fourth-order valence-electron chi connectivity index (χ4n) is 5.16. The average molecular weight is 453 g/mol. The Morgan fingerprint density at radius 2 is 1.62 bits per heavy atom. The molecule has 6 rings (SSSR count). The molecule has 2 aliphatic rings. The van der Waals surface area contributed by atoms with Crippen LogP contribution in [0.3, 0.4) is 0 Å². The quantitative estimate of drug-likeness (QED) is 0.474. The lowest BCUT2D eigenvalue weighted by Gasteiger charge is -2.36. The Kier molecular flexibility index (Phi) is 5.34. The van der Waals surface area contributed by atoms with Crippen molar-refractivity contribution in [2.45, 2.75) is 19.9 Å². The first-order valence-electron chi connectivity index (χ1n) is 12.1. The van der Waals surface area contributed by atoms with Gasteiger partial charge in [0.1, 0.15) is 5.82 Å². The molecule has 0 spiro atoms. The summed E-state index contributed by atoms with van der Waals surface area (Å²) in [7, 11) is 0. The van der Waals surface area contributed by atoms with Crippen LogP contribution in [0, 0.1) is 0 Å². The third-order valence-corrected chi connectivity index (χ3v) is 7.11. The third kappa shape index (κ3) is 3.66. The van der Waals surface area contributed by atoms with E-state index in [9.17, 15) is 4.79 Å². The van der Waals surface area contributed by atoms with E-state index in [0.29, 0.717) is 13.1 Å². The maximum absolute atomic E-state index is 13.9. The van der Waals surface area contributed by atoms with E-state index in [1.165, 1.54) is 0 Å². The number of likely N-dealkylation sites (N-methyl/N-ethyl adjacent to an activating group) is 1. The van der Waals surface area contributed by atoms with Gasteiger partial charge in [-0.2, -0.15) is 0 Å². The molecule has 0 aliphatic carbocycles. The molecular formula is C27H28N6O. The average Bonchev–Trinajstić information content (AvgIpc) is 2.91. The normalized spacial score (nSPS) is 16.7. The fraction of sp³-hybridized carbons (Fsp3) is 0.333. The second-order valence-corrected chi connectivity index (χ2v) is 9.04. The molecule has 2 aromatic heterocycles. The first-order chi connectivity index (χ1) is 16.7. The first kappa shape index (κ1) is 21.0. The van der Waals surface area contributed by atoms with Crippen LogP contribution in [0.15, 0.2) is 54.7 Å². The second kappa shape index (κ2) is 8.65. The molecule has 7 nitrogen and oxygen atoms in total. The molecule has 2 aromatic carbocycles. The van der Waals surface area contributed by atoms with Crippen molar-refractivity contribution in [3.05, 3.63) is 71.5 Å². The number of para-hydroxylation sites is 3. The lowest BCUT2D eigenvalue weighted by atomic mass is 9.94. The highest BCUT2D eigenvalue weighted by Gasteiger charge is 2.30. The lowest BCUT2D eigenvalue weighted by Crippen LogP contribution is -2.49. The molecule has 2 aliphatic heterocycles. The zero-order valence-electron chi connectivity index (χ0n) is 19.4. The first-order valence-corrected chi connectivity index (χ1v) is 12.1. The van der Waals surface area contributed by atoms with Gasteiger partial charge in [0.25, 0.3) is 5.91 Å². The molecule has 0 saturated carbocycles. The molecule has 1 amide bonds. The summed E-state index contributed by atoms with van der Waals surface area (Å²) >= 11 is 0. The molecule has 4 heterocycles. The molecule has 7 heteroatoms. The summed E-state index contributed by atoms with van der Waals surface area (Å²) < 4.78 is 0. The summed E-state index contributed by atoms with van der Waals surface area (Å²) in [6.07, 6.45) is 2.73. The zero-order valence-corrected chi connectivity index (χ0v) is 19.4. The van der Waals surface area contributed by atoms with Gasteiger partial charge < -0.3 is 9.80 Å². The molecule has 0 radical (unpaired) electrons. The van der Waals surface area contributed by atoms with Gasteiger partial charge in [0.15, 0.2) is 0 Å². The Morgan fingerprint density at radius 3 is 2.41 bits per heavy atom. The number of aromatic nitrogens is 3. The predicted octanol–water partition coefficient (Wildman–Crippen LogP) is 3.52. The molecule has 1 fully saturated rings. The molecule has 0 bridgehead atoms. The molecule has 34 heavy (non-hydrogen) atoms. The minimum absolute atomic E-state index is 0.122. The molecule has 0 unspecified atom stereocenters. The van der Waals surface area contributed by atoms with Gasteiger partial charge in [-0.15, -0.1) is 0 Å². The smallest absolute Gasteiger partial charge is 0.255 e. The fourth-order valence-corrected chi connectivity index (χ4v) is 5.16. The number of hydrogen-bond acceptors (Lipinski definition) is 6. The molecule has 1 saturated heterocycles. The van der Waals surface area contributed by atoms with Crippen LogP contribution in [0.4, 0.5) is 5.82 Å². The number of rotatable bonds is 3. The highest BCUT2D eigenvalue weighted by atomic mass is 16.2. The van der Waals surface area contributed by atoms with Crippen LogP contribution in [0.2, 0.25) is 0 Å².